The molecule has 0 bridgehead atoms. The molecule has 2 N–H and O–H groups in total. The van der Waals surface area contributed by atoms with E-state index >= 15 is 0 Å². The number of nitrogens with one attached hydrogen (secondary N) is 1. The molecule has 0 aliphatic rings. The van der Waals surface area contributed by atoms with Crippen molar-refractivity contribution in [1.29, 1.82) is 0 Å². The summed E-state index contributed by atoms with van der Waals surface area (Å²) in [5, 5.41) is 14.5. The zero-order chi connectivity index (χ0) is 13.7. The fourth-order valence-electron chi connectivity index (χ4n) is 1.24. The van der Waals surface area contributed by atoms with E-state index in [1.807, 2.05) is 14.1 Å². The first-order valence-electron chi connectivity index (χ1n) is 5.34. The lowest BCUT2D eigenvalue weighted by atomic mass is 10.1. The van der Waals surface area contributed by atoms with Gasteiger partial charge in [-0.15, -0.1) is 0 Å². The fourth-order valence-corrected chi connectivity index (χ4v) is 1.28. The van der Waals surface area contributed by atoms with Gasteiger partial charge in [0.15, 0.2) is 5.11 Å². The molecule has 0 aliphatic heterocycles. The number of methoxy groups -OCH3 is 1. The minimum absolute atomic E-state index is 0.119. The molecule has 18 heavy (non-hydrogen) atoms. The number of aromatic hydroxyl groups is 1. The third kappa shape index (κ3) is 3.59. The molecule has 0 amide bonds. The molecule has 0 heterocycles. The van der Waals surface area contributed by atoms with Gasteiger partial charge in [0.1, 0.15) is 11.5 Å². The molecule has 0 radical (unpaired) electrons. The maximum Gasteiger partial charge on any atom is 0.189 e. The number of benzene rings is 1. The predicted octanol–water partition coefficient (Wildman–Crippen LogP) is 1.56. The van der Waals surface area contributed by atoms with Crippen molar-refractivity contribution in [3.05, 3.63) is 23.8 Å². The monoisotopic (exact) mass is 267 g/mol. The normalized spacial score (nSPS) is 11.0. The number of phenolic OH excluding ortho intramolecular Hbond substituents is 1. The second kappa shape index (κ2) is 6.20. The van der Waals surface area contributed by atoms with Crippen LogP contribution in [0.3, 0.4) is 0 Å². The SMILES string of the molecule is COc1ccc(/C(C)=N\NC(=S)N(C)C)c(O)c1. The average molecular weight is 267 g/mol. The topological polar surface area (TPSA) is 57.1 Å². The Balaban J connectivity index is 2.87. The highest BCUT2D eigenvalue weighted by molar-refractivity contribution is 7.80. The first kappa shape index (κ1) is 14.2. The Bertz CT molecular complexity index is 472. The van der Waals surface area contributed by atoms with Crippen LogP contribution in [0, 0.1) is 0 Å². The number of nitrogens with zero attached hydrogens (tertiary/aromatic N) is 2. The summed E-state index contributed by atoms with van der Waals surface area (Å²) >= 11 is 5.04. The number of hydrazone groups is 1. The maximum absolute atomic E-state index is 9.84. The van der Waals surface area contributed by atoms with Crippen LogP contribution in [-0.4, -0.2) is 42.0 Å². The largest absolute Gasteiger partial charge is 0.507 e. The molecule has 0 fully saturated rings. The Kier molecular flexibility index (Phi) is 4.91. The van der Waals surface area contributed by atoms with Crippen LogP contribution in [0.15, 0.2) is 23.3 Å². The summed E-state index contributed by atoms with van der Waals surface area (Å²) < 4.78 is 5.02. The minimum atomic E-state index is 0.119. The van der Waals surface area contributed by atoms with Crippen molar-refractivity contribution < 1.29 is 9.84 Å². The van der Waals surface area contributed by atoms with Gasteiger partial charge in [-0.1, -0.05) is 0 Å². The molecule has 1 aromatic carbocycles. The van der Waals surface area contributed by atoms with Crippen LogP contribution in [0.5, 0.6) is 11.5 Å². The van der Waals surface area contributed by atoms with Gasteiger partial charge in [-0.25, -0.2) is 0 Å². The molecule has 0 aliphatic carbocycles. The lowest BCUT2D eigenvalue weighted by Crippen LogP contribution is -2.31. The van der Waals surface area contributed by atoms with Gasteiger partial charge in [0.25, 0.3) is 0 Å². The van der Waals surface area contributed by atoms with Crippen LogP contribution in [0.25, 0.3) is 0 Å². The first-order chi connectivity index (χ1) is 8.45. The number of hydrogen-bond donors (Lipinski definition) is 2. The molecule has 0 spiro atoms. The van der Waals surface area contributed by atoms with Gasteiger partial charge in [0.2, 0.25) is 0 Å². The van der Waals surface area contributed by atoms with Crippen LogP contribution in [0.4, 0.5) is 0 Å². The van der Waals surface area contributed by atoms with Gasteiger partial charge in [-0.05, 0) is 31.3 Å². The van der Waals surface area contributed by atoms with E-state index < -0.39 is 0 Å². The van der Waals surface area contributed by atoms with E-state index in [-0.39, 0.29) is 5.75 Å². The van der Waals surface area contributed by atoms with Crippen molar-refractivity contribution in [2.45, 2.75) is 6.92 Å². The molecule has 6 heteroatoms. The predicted molar refractivity (Wildman–Crippen MR) is 76.3 cm³/mol. The summed E-state index contributed by atoms with van der Waals surface area (Å²) in [5.41, 5.74) is 4.01. The zero-order valence-electron chi connectivity index (χ0n) is 10.9. The van der Waals surface area contributed by atoms with E-state index in [9.17, 15) is 5.11 Å². The minimum Gasteiger partial charge on any atom is -0.507 e. The standard InChI is InChI=1S/C12H17N3O2S/c1-8(13-14-12(18)15(2)3)10-6-5-9(17-4)7-11(10)16/h5-7,16H,1-4H3,(H,14,18)/b13-8-. The van der Waals surface area contributed by atoms with Crippen molar-refractivity contribution in [3.8, 4) is 11.5 Å². The van der Waals surface area contributed by atoms with E-state index in [0.29, 0.717) is 22.1 Å². The molecular weight excluding hydrogens is 250 g/mol. The van der Waals surface area contributed by atoms with Crippen molar-refractivity contribution in [2.24, 2.45) is 5.10 Å². The van der Waals surface area contributed by atoms with Crippen LogP contribution < -0.4 is 10.2 Å². The molecule has 0 aromatic heterocycles. The van der Waals surface area contributed by atoms with E-state index in [1.54, 1.807) is 37.1 Å². The number of hydrogen-bond acceptors (Lipinski definition) is 4. The molecule has 1 aromatic rings. The van der Waals surface area contributed by atoms with Gasteiger partial charge in [0, 0.05) is 25.7 Å². The van der Waals surface area contributed by atoms with Crippen LogP contribution in [0.1, 0.15) is 12.5 Å². The van der Waals surface area contributed by atoms with Crippen LogP contribution in [-0.2, 0) is 0 Å². The molecule has 1 rings (SSSR count). The summed E-state index contributed by atoms with van der Waals surface area (Å²) in [6.07, 6.45) is 0. The van der Waals surface area contributed by atoms with Gasteiger partial charge in [0.05, 0.1) is 12.8 Å². The third-order valence-corrected chi connectivity index (χ3v) is 2.78. The Hall–Kier alpha value is -1.82. The van der Waals surface area contributed by atoms with Gasteiger partial charge >= 0.3 is 0 Å². The van der Waals surface area contributed by atoms with Gasteiger partial charge < -0.3 is 14.7 Å². The fraction of sp³-hybridized carbons (Fsp3) is 0.333. The highest BCUT2D eigenvalue weighted by atomic mass is 32.1. The molecule has 0 saturated heterocycles. The van der Waals surface area contributed by atoms with Crippen LogP contribution in [0.2, 0.25) is 0 Å². The van der Waals surface area contributed by atoms with Crippen molar-refractivity contribution in [2.75, 3.05) is 21.2 Å². The Morgan fingerprint density at radius 2 is 2.11 bits per heavy atom. The van der Waals surface area contributed by atoms with Crippen molar-refractivity contribution >= 4 is 23.0 Å². The molecule has 98 valence electrons. The third-order valence-electron chi connectivity index (χ3n) is 2.32. The summed E-state index contributed by atoms with van der Waals surface area (Å²) in [4.78, 5) is 1.74. The quantitative estimate of drug-likeness (QED) is 0.494. The summed E-state index contributed by atoms with van der Waals surface area (Å²) in [6, 6.07) is 5.05. The molecule has 0 unspecified atom stereocenters. The smallest absolute Gasteiger partial charge is 0.189 e. The second-order valence-corrected chi connectivity index (χ2v) is 4.28. The molecule has 0 saturated carbocycles. The Labute approximate surface area is 112 Å². The van der Waals surface area contributed by atoms with Crippen molar-refractivity contribution in [1.82, 2.24) is 10.3 Å². The van der Waals surface area contributed by atoms with Gasteiger partial charge in [-0.3, -0.25) is 5.43 Å². The highest BCUT2D eigenvalue weighted by Crippen LogP contribution is 2.23. The summed E-state index contributed by atoms with van der Waals surface area (Å²) in [5.74, 6) is 0.717. The van der Waals surface area contributed by atoms with Gasteiger partial charge in [-0.2, -0.15) is 5.10 Å². The lowest BCUT2D eigenvalue weighted by Gasteiger charge is -2.13. The highest BCUT2D eigenvalue weighted by Gasteiger charge is 2.06. The van der Waals surface area contributed by atoms with E-state index in [2.05, 4.69) is 10.5 Å². The Morgan fingerprint density at radius 1 is 1.44 bits per heavy atom. The zero-order valence-corrected chi connectivity index (χ0v) is 11.7. The average Bonchev–Trinajstić information content (AvgIpc) is 2.34. The molecule has 5 nitrogen and oxygen atoms in total. The maximum atomic E-state index is 9.84. The van der Waals surface area contributed by atoms with Crippen molar-refractivity contribution in [3.63, 3.8) is 0 Å². The second-order valence-electron chi connectivity index (χ2n) is 3.89. The first-order valence-corrected chi connectivity index (χ1v) is 5.75. The van der Waals surface area contributed by atoms with E-state index in [0.717, 1.165) is 0 Å². The molecule has 0 atom stereocenters. The van der Waals surface area contributed by atoms with E-state index in [4.69, 9.17) is 17.0 Å². The van der Waals surface area contributed by atoms with Crippen LogP contribution >= 0.6 is 12.2 Å². The number of rotatable bonds is 3. The Morgan fingerprint density at radius 3 is 2.61 bits per heavy atom. The van der Waals surface area contributed by atoms with E-state index in [1.165, 1.54) is 0 Å². The summed E-state index contributed by atoms with van der Waals surface area (Å²) in [6.45, 7) is 1.78. The number of ether oxygens (including phenoxy) is 1. The molecular formula is C12H17N3O2S. The number of thiocarbonyl (C=S) groups is 1. The lowest BCUT2D eigenvalue weighted by molar-refractivity contribution is 0.407. The summed E-state index contributed by atoms with van der Waals surface area (Å²) in [7, 11) is 5.20. The number of phenols is 1.